The summed E-state index contributed by atoms with van der Waals surface area (Å²) in [5, 5.41) is 5.02. The molecule has 0 aliphatic rings. The van der Waals surface area contributed by atoms with E-state index in [2.05, 4.69) is 5.32 Å². The first-order valence-electron chi connectivity index (χ1n) is 12.0. The fourth-order valence-electron chi connectivity index (χ4n) is 3.83. The van der Waals surface area contributed by atoms with E-state index < -0.39 is 11.6 Å². The summed E-state index contributed by atoms with van der Waals surface area (Å²) in [6.45, 7) is 5.82. The molecule has 2 amide bonds. The number of halogens is 4. The van der Waals surface area contributed by atoms with Crippen LogP contribution in [0.3, 0.4) is 0 Å². The van der Waals surface area contributed by atoms with Crippen molar-refractivity contribution in [3.8, 4) is 0 Å². The largest absolute Gasteiger partial charge is 0.350 e. The minimum atomic E-state index is -0.781. The highest BCUT2D eigenvalue weighted by molar-refractivity contribution is 7.99. The molecule has 38 heavy (non-hydrogen) atoms. The van der Waals surface area contributed by atoms with Crippen LogP contribution >= 0.6 is 58.2 Å². The van der Waals surface area contributed by atoms with E-state index in [0.29, 0.717) is 37.8 Å². The van der Waals surface area contributed by atoms with Crippen LogP contribution < -0.4 is 5.32 Å². The van der Waals surface area contributed by atoms with Crippen molar-refractivity contribution in [2.75, 3.05) is 5.75 Å². The monoisotopic (exact) mass is 610 g/mol. The number of benzene rings is 3. The Kier molecular flexibility index (Phi) is 11.3. The Bertz CT molecular complexity index is 1240. The van der Waals surface area contributed by atoms with Gasteiger partial charge in [-0.1, -0.05) is 88.9 Å². The molecule has 202 valence electrons. The van der Waals surface area contributed by atoms with Crippen LogP contribution in [0.15, 0.2) is 66.7 Å². The van der Waals surface area contributed by atoms with Crippen molar-refractivity contribution in [2.24, 2.45) is 0 Å². The summed E-state index contributed by atoms with van der Waals surface area (Å²) >= 11 is 26.7. The van der Waals surface area contributed by atoms with Crippen LogP contribution in [0.5, 0.6) is 0 Å². The number of carbonyl (C=O) groups is 2. The zero-order chi connectivity index (χ0) is 27.9. The minimum absolute atomic E-state index is 0.0919. The summed E-state index contributed by atoms with van der Waals surface area (Å²) < 4.78 is 0. The van der Waals surface area contributed by atoms with Gasteiger partial charge in [0, 0.05) is 49.9 Å². The van der Waals surface area contributed by atoms with E-state index in [1.807, 2.05) is 57.2 Å². The van der Waals surface area contributed by atoms with Crippen molar-refractivity contribution in [2.45, 2.75) is 51.1 Å². The highest BCUT2D eigenvalue weighted by Crippen LogP contribution is 2.29. The van der Waals surface area contributed by atoms with Gasteiger partial charge in [-0.2, -0.15) is 0 Å². The van der Waals surface area contributed by atoms with Gasteiger partial charge < -0.3 is 10.2 Å². The van der Waals surface area contributed by atoms with Gasteiger partial charge in [-0.05, 0) is 56.2 Å². The predicted molar refractivity (Wildman–Crippen MR) is 161 cm³/mol. The van der Waals surface area contributed by atoms with Crippen LogP contribution in [-0.4, -0.2) is 34.0 Å². The van der Waals surface area contributed by atoms with Gasteiger partial charge in [0.05, 0.1) is 5.75 Å². The van der Waals surface area contributed by atoms with Crippen molar-refractivity contribution >= 4 is 70.0 Å². The van der Waals surface area contributed by atoms with Gasteiger partial charge in [-0.3, -0.25) is 9.59 Å². The molecule has 0 aromatic heterocycles. The lowest BCUT2D eigenvalue weighted by molar-refractivity contribution is -0.140. The lowest BCUT2D eigenvalue weighted by Crippen LogP contribution is -2.54. The molecule has 9 heteroatoms. The Balaban J connectivity index is 1.92. The van der Waals surface area contributed by atoms with E-state index in [9.17, 15) is 9.59 Å². The van der Waals surface area contributed by atoms with Crippen LogP contribution in [-0.2, 0) is 28.3 Å². The number of rotatable bonds is 10. The fourth-order valence-corrected chi connectivity index (χ4v) is 5.82. The SMILES string of the molecule is CC(C)(C)NC(=O)[C@H](Cc1ccccc1)N(Cc1c(Cl)cccc1Cl)C(=O)CSCc1ccc(Cl)cc1Cl. The summed E-state index contributed by atoms with van der Waals surface area (Å²) in [7, 11) is 0. The minimum Gasteiger partial charge on any atom is -0.350 e. The molecule has 1 atom stereocenters. The third-order valence-electron chi connectivity index (χ3n) is 5.66. The van der Waals surface area contributed by atoms with Crippen LogP contribution in [0.4, 0.5) is 0 Å². The van der Waals surface area contributed by atoms with Crippen molar-refractivity contribution < 1.29 is 9.59 Å². The van der Waals surface area contributed by atoms with Gasteiger partial charge in [0.1, 0.15) is 6.04 Å². The normalized spacial score (nSPS) is 12.2. The first-order valence-corrected chi connectivity index (χ1v) is 14.7. The molecule has 3 aromatic carbocycles. The number of hydrogen-bond donors (Lipinski definition) is 1. The third kappa shape index (κ3) is 9.10. The Morgan fingerprint density at radius 1 is 0.895 bits per heavy atom. The Morgan fingerprint density at radius 3 is 2.16 bits per heavy atom. The Hall–Kier alpha value is -1.89. The average Bonchev–Trinajstić information content (AvgIpc) is 2.83. The summed E-state index contributed by atoms with van der Waals surface area (Å²) in [5.74, 6) is 0.194. The van der Waals surface area contributed by atoms with Gasteiger partial charge in [0.15, 0.2) is 0 Å². The highest BCUT2D eigenvalue weighted by Gasteiger charge is 2.33. The molecule has 0 bridgehead atoms. The molecule has 1 N–H and O–H groups in total. The van der Waals surface area contributed by atoms with Crippen LogP contribution in [0.1, 0.15) is 37.5 Å². The maximum absolute atomic E-state index is 13.8. The molecule has 0 fully saturated rings. The molecule has 0 unspecified atom stereocenters. The molecule has 0 aliphatic carbocycles. The highest BCUT2D eigenvalue weighted by atomic mass is 35.5. The lowest BCUT2D eigenvalue weighted by Gasteiger charge is -2.34. The molecule has 4 nitrogen and oxygen atoms in total. The van der Waals surface area contributed by atoms with Crippen molar-refractivity contribution in [3.63, 3.8) is 0 Å². The van der Waals surface area contributed by atoms with E-state index in [1.54, 1.807) is 35.2 Å². The zero-order valence-electron chi connectivity index (χ0n) is 21.4. The standard InChI is InChI=1S/C29H30Cl4N2O2S/c1-29(2,3)34-28(37)26(14-19-8-5-4-6-9-19)35(16-22-23(31)10-7-11-24(22)32)27(36)18-38-17-20-12-13-21(30)15-25(20)33/h4-13,15,26H,14,16-18H2,1-3H3,(H,34,37)/t26-/m0/s1. The molecule has 0 heterocycles. The lowest BCUT2D eigenvalue weighted by atomic mass is 10.0. The molecule has 3 aromatic rings. The number of nitrogens with one attached hydrogen (secondary N) is 1. The molecule has 3 rings (SSSR count). The maximum Gasteiger partial charge on any atom is 0.243 e. The van der Waals surface area contributed by atoms with E-state index in [1.165, 1.54) is 11.8 Å². The van der Waals surface area contributed by atoms with Gasteiger partial charge in [0.2, 0.25) is 11.8 Å². The third-order valence-corrected chi connectivity index (χ3v) is 7.92. The van der Waals surface area contributed by atoms with E-state index in [0.717, 1.165) is 11.1 Å². The first kappa shape index (κ1) is 30.6. The van der Waals surface area contributed by atoms with Crippen LogP contribution in [0.25, 0.3) is 0 Å². The summed E-state index contributed by atoms with van der Waals surface area (Å²) in [5.41, 5.74) is 1.92. The molecule has 0 aliphatic heterocycles. The second kappa shape index (κ2) is 14.0. The van der Waals surface area contributed by atoms with Gasteiger partial charge in [0.25, 0.3) is 0 Å². The summed E-state index contributed by atoms with van der Waals surface area (Å²) in [6, 6.07) is 19.3. The second-order valence-corrected chi connectivity index (χ2v) is 12.5. The predicted octanol–water partition coefficient (Wildman–Crippen LogP) is 8.09. The van der Waals surface area contributed by atoms with E-state index in [-0.39, 0.29) is 24.1 Å². The van der Waals surface area contributed by atoms with Gasteiger partial charge in [-0.25, -0.2) is 0 Å². The molecule has 0 saturated carbocycles. The number of thioether (sulfide) groups is 1. The van der Waals surface area contributed by atoms with Crippen molar-refractivity contribution in [3.05, 3.63) is 104 Å². The zero-order valence-corrected chi connectivity index (χ0v) is 25.3. The number of nitrogens with zero attached hydrogens (tertiary/aromatic N) is 1. The van der Waals surface area contributed by atoms with Crippen molar-refractivity contribution in [1.29, 1.82) is 0 Å². The quantitative estimate of drug-likeness (QED) is 0.252. The second-order valence-electron chi connectivity index (χ2n) is 9.90. The molecule has 0 radical (unpaired) electrons. The fraction of sp³-hybridized carbons (Fsp3) is 0.310. The Morgan fingerprint density at radius 2 is 1.55 bits per heavy atom. The average molecular weight is 612 g/mol. The smallest absolute Gasteiger partial charge is 0.243 e. The molecular weight excluding hydrogens is 582 g/mol. The van der Waals surface area contributed by atoms with Crippen LogP contribution in [0.2, 0.25) is 20.1 Å². The topological polar surface area (TPSA) is 49.4 Å². The molecule has 0 saturated heterocycles. The summed E-state index contributed by atoms with van der Waals surface area (Å²) in [6.07, 6.45) is 0.338. The van der Waals surface area contributed by atoms with Gasteiger partial charge >= 0.3 is 0 Å². The Labute approximate surface area is 249 Å². The maximum atomic E-state index is 13.8. The first-order chi connectivity index (χ1) is 17.9. The number of amides is 2. The molecular formula is C29H30Cl4N2O2S. The number of carbonyl (C=O) groups excluding carboxylic acids is 2. The van der Waals surface area contributed by atoms with E-state index in [4.69, 9.17) is 46.4 Å². The van der Waals surface area contributed by atoms with E-state index >= 15 is 0 Å². The summed E-state index contributed by atoms with van der Waals surface area (Å²) in [4.78, 5) is 29.0. The molecule has 0 spiro atoms. The number of hydrogen-bond acceptors (Lipinski definition) is 3. The van der Waals surface area contributed by atoms with Crippen LogP contribution in [0, 0.1) is 0 Å². The van der Waals surface area contributed by atoms with Gasteiger partial charge in [-0.15, -0.1) is 11.8 Å². The van der Waals surface area contributed by atoms with Crippen molar-refractivity contribution in [1.82, 2.24) is 10.2 Å².